The van der Waals surface area contributed by atoms with E-state index in [9.17, 15) is 4.79 Å². The van der Waals surface area contributed by atoms with Gasteiger partial charge >= 0.3 is 6.03 Å². The van der Waals surface area contributed by atoms with Crippen LogP contribution in [0.5, 0.6) is 0 Å². The Balaban J connectivity index is 1.98. The molecule has 0 unspecified atom stereocenters. The normalized spacial score (nSPS) is 16.7. The third kappa shape index (κ3) is 3.35. The van der Waals surface area contributed by atoms with Crippen molar-refractivity contribution in [1.82, 2.24) is 9.80 Å². The van der Waals surface area contributed by atoms with Crippen LogP contribution >= 0.6 is 22.6 Å². The number of piperazine rings is 1. The van der Waals surface area contributed by atoms with Gasteiger partial charge in [-0.2, -0.15) is 0 Å². The highest BCUT2D eigenvalue weighted by Gasteiger charge is 2.19. The second-order valence-electron chi connectivity index (χ2n) is 4.68. The molecular formula is C13H18IN3O. The summed E-state index contributed by atoms with van der Waals surface area (Å²) in [5.41, 5.74) is 2.00. The van der Waals surface area contributed by atoms with Crippen molar-refractivity contribution in [3.05, 3.63) is 27.3 Å². The molecule has 4 nitrogen and oxygen atoms in total. The number of rotatable bonds is 1. The Kier molecular flexibility index (Phi) is 4.45. The number of anilines is 1. The predicted molar refractivity (Wildman–Crippen MR) is 82.0 cm³/mol. The van der Waals surface area contributed by atoms with Crippen molar-refractivity contribution >= 4 is 34.3 Å². The van der Waals surface area contributed by atoms with Crippen LogP contribution in [0.2, 0.25) is 0 Å². The fourth-order valence-electron chi connectivity index (χ4n) is 1.97. The van der Waals surface area contributed by atoms with Crippen LogP contribution in [0.25, 0.3) is 0 Å². The number of benzene rings is 1. The van der Waals surface area contributed by atoms with Gasteiger partial charge in [0, 0.05) is 35.4 Å². The average Bonchev–Trinajstić information content (AvgIpc) is 2.33. The third-order valence-electron chi connectivity index (χ3n) is 3.22. The fourth-order valence-corrected chi connectivity index (χ4v) is 2.62. The number of nitrogens with one attached hydrogen (secondary N) is 1. The minimum Gasteiger partial charge on any atom is -0.322 e. The quantitative estimate of drug-likeness (QED) is 0.782. The minimum atomic E-state index is 0.00686. The summed E-state index contributed by atoms with van der Waals surface area (Å²) in [4.78, 5) is 16.2. The van der Waals surface area contributed by atoms with Crippen molar-refractivity contribution in [3.8, 4) is 0 Å². The van der Waals surface area contributed by atoms with Crippen molar-refractivity contribution in [2.45, 2.75) is 6.92 Å². The number of nitrogens with zero attached hydrogens (tertiary/aromatic N) is 2. The Labute approximate surface area is 121 Å². The van der Waals surface area contributed by atoms with E-state index in [1.54, 1.807) is 0 Å². The Morgan fingerprint density at radius 3 is 2.56 bits per heavy atom. The van der Waals surface area contributed by atoms with Crippen LogP contribution in [0.4, 0.5) is 10.5 Å². The van der Waals surface area contributed by atoms with E-state index in [-0.39, 0.29) is 6.03 Å². The molecule has 0 atom stereocenters. The van der Waals surface area contributed by atoms with Gasteiger partial charge in [-0.3, -0.25) is 0 Å². The van der Waals surface area contributed by atoms with Crippen molar-refractivity contribution < 1.29 is 4.79 Å². The lowest BCUT2D eigenvalue weighted by Crippen LogP contribution is -2.48. The van der Waals surface area contributed by atoms with Crippen molar-refractivity contribution in [1.29, 1.82) is 0 Å². The summed E-state index contributed by atoms with van der Waals surface area (Å²) in [7, 11) is 2.08. The first-order valence-corrected chi connectivity index (χ1v) is 7.15. The summed E-state index contributed by atoms with van der Waals surface area (Å²) < 4.78 is 1.18. The zero-order chi connectivity index (χ0) is 13.1. The van der Waals surface area contributed by atoms with Gasteiger partial charge in [0.25, 0.3) is 0 Å². The molecule has 1 N–H and O–H groups in total. The van der Waals surface area contributed by atoms with E-state index in [1.165, 1.54) is 3.57 Å². The van der Waals surface area contributed by atoms with Crippen LogP contribution in [0.1, 0.15) is 5.56 Å². The fraction of sp³-hybridized carbons (Fsp3) is 0.462. The molecule has 0 radical (unpaired) electrons. The second kappa shape index (κ2) is 5.88. The first-order valence-electron chi connectivity index (χ1n) is 6.07. The number of hydrogen-bond acceptors (Lipinski definition) is 2. The Bertz CT molecular complexity index is 442. The molecular weight excluding hydrogens is 341 g/mol. The number of halogens is 1. The summed E-state index contributed by atoms with van der Waals surface area (Å²) in [5, 5.41) is 2.99. The number of carbonyl (C=O) groups excluding carboxylic acids is 1. The molecule has 1 heterocycles. The van der Waals surface area contributed by atoms with Gasteiger partial charge in [0.15, 0.2) is 0 Å². The van der Waals surface area contributed by atoms with Crippen LogP contribution in [0.3, 0.4) is 0 Å². The summed E-state index contributed by atoms with van der Waals surface area (Å²) in [6, 6.07) is 6.05. The maximum atomic E-state index is 12.1. The van der Waals surface area contributed by atoms with E-state index in [4.69, 9.17) is 0 Å². The van der Waals surface area contributed by atoms with E-state index in [1.807, 2.05) is 24.0 Å². The van der Waals surface area contributed by atoms with E-state index in [2.05, 4.69) is 45.9 Å². The van der Waals surface area contributed by atoms with Gasteiger partial charge in [-0.15, -0.1) is 0 Å². The highest BCUT2D eigenvalue weighted by atomic mass is 127. The average molecular weight is 359 g/mol. The van der Waals surface area contributed by atoms with Crippen LogP contribution < -0.4 is 5.32 Å². The summed E-state index contributed by atoms with van der Waals surface area (Å²) >= 11 is 2.27. The Morgan fingerprint density at radius 1 is 1.28 bits per heavy atom. The summed E-state index contributed by atoms with van der Waals surface area (Å²) in [5.74, 6) is 0. The lowest BCUT2D eigenvalue weighted by Gasteiger charge is -2.32. The minimum absolute atomic E-state index is 0.00686. The molecule has 5 heteroatoms. The second-order valence-corrected chi connectivity index (χ2v) is 5.93. The maximum Gasteiger partial charge on any atom is 0.321 e. The topological polar surface area (TPSA) is 35.6 Å². The van der Waals surface area contributed by atoms with Crippen LogP contribution in [0.15, 0.2) is 18.2 Å². The standard InChI is InChI=1S/C13H18IN3O/c1-10-9-11(14)3-4-12(10)15-13(18)17-7-5-16(2)6-8-17/h3-4,9H,5-8H2,1-2H3,(H,15,18). The third-order valence-corrected chi connectivity index (χ3v) is 3.89. The van der Waals surface area contributed by atoms with Crippen LogP contribution in [-0.4, -0.2) is 49.1 Å². The monoisotopic (exact) mass is 359 g/mol. The molecule has 1 fully saturated rings. The van der Waals surface area contributed by atoms with E-state index < -0.39 is 0 Å². The predicted octanol–water partition coefficient (Wildman–Crippen LogP) is 2.38. The maximum absolute atomic E-state index is 12.1. The molecule has 18 heavy (non-hydrogen) atoms. The molecule has 1 saturated heterocycles. The number of hydrogen-bond donors (Lipinski definition) is 1. The van der Waals surface area contributed by atoms with Crippen molar-refractivity contribution in [2.75, 3.05) is 38.5 Å². The highest BCUT2D eigenvalue weighted by molar-refractivity contribution is 14.1. The van der Waals surface area contributed by atoms with E-state index in [0.29, 0.717) is 0 Å². The van der Waals surface area contributed by atoms with Gasteiger partial charge < -0.3 is 15.1 Å². The van der Waals surface area contributed by atoms with Crippen molar-refractivity contribution in [3.63, 3.8) is 0 Å². The van der Waals surface area contributed by atoms with Gasteiger partial charge in [0.1, 0.15) is 0 Å². The van der Waals surface area contributed by atoms with Gasteiger partial charge in [-0.05, 0) is 60.3 Å². The smallest absolute Gasteiger partial charge is 0.321 e. The zero-order valence-corrected chi connectivity index (χ0v) is 12.9. The lowest BCUT2D eigenvalue weighted by molar-refractivity contribution is 0.164. The molecule has 2 rings (SSSR count). The molecule has 2 amide bonds. The molecule has 1 aliphatic rings. The van der Waals surface area contributed by atoms with E-state index in [0.717, 1.165) is 37.4 Å². The molecule has 0 spiro atoms. The van der Waals surface area contributed by atoms with Gasteiger partial charge in [-0.25, -0.2) is 4.79 Å². The molecule has 98 valence electrons. The van der Waals surface area contributed by atoms with E-state index >= 15 is 0 Å². The SMILES string of the molecule is Cc1cc(I)ccc1NC(=O)N1CCN(C)CC1. The molecule has 1 aliphatic heterocycles. The van der Waals surface area contributed by atoms with Crippen molar-refractivity contribution in [2.24, 2.45) is 0 Å². The first kappa shape index (κ1) is 13.6. The number of carbonyl (C=O) groups is 1. The Hall–Kier alpha value is -0.820. The zero-order valence-electron chi connectivity index (χ0n) is 10.7. The van der Waals surface area contributed by atoms with Gasteiger partial charge in [0.05, 0.1) is 0 Å². The molecule has 0 aliphatic carbocycles. The molecule has 0 saturated carbocycles. The molecule has 0 bridgehead atoms. The Morgan fingerprint density at radius 2 is 1.94 bits per heavy atom. The van der Waals surface area contributed by atoms with Gasteiger partial charge in [-0.1, -0.05) is 0 Å². The summed E-state index contributed by atoms with van der Waals surface area (Å²) in [6.07, 6.45) is 0. The van der Waals surface area contributed by atoms with Crippen LogP contribution in [0, 0.1) is 10.5 Å². The number of amides is 2. The molecule has 1 aromatic rings. The molecule has 0 aromatic heterocycles. The first-order chi connectivity index (χ1) is 8.56. The lowest BCUT2D eigenvalue weighted by atomic mass is 10.2. The number of urea groups is 1. The number of aryl methyl sites for hydroxylation is 1. The largest absolute Gasteiger partial charge is 0.322 e. The molecule has 1 aromatic carbocycles. The van der Waals surface area contributed by atoms with Gasteiger partial charge in [0.2, 0.25) is 0 Å². The number of likely N-dealkylation sites (N-methyl/N-ethyl adjacent to an activating group) is 1. The highest BCUT2D eigenvalue weighted by Crippen LogP contribution is 2.18. The van der Waals surface area contributed by atoms with Crippen LogP contribution in [-0.2, 0) is 0 Å². The summed E-state index contributed by atoms with van der Waals surface area (Å²) in [6.45, 7) is 5.50.